The Morgan fingerprint density at radius 3 is 2.47 bits per heavy atom. The van der Waals surface area contributed by atoms with Crippen molar-refractivity contribution in [3.63, 3.8) is 0 Å². The number of benzene rings is 1. The minimum absolute atomic E-state index is 0.0446. The molecule has 4 heteroatoms. The Bertz CT molecular complexity index is 420. The molecular formula is C13H16N2O2. The second-order valence-corrected chi connectivity index (χ2v) is 4.03. The Labute approximate surface area is 101 Å². The fraction of sp³-hybridized carbons (Fsp3) is 0.385. The number of rotatable bonds is 5. The molecule has 0 heterocycles. The molecule has 2 N–H and O–H groups in total. The molecule has 1 rings (SSSR count). The van der Waals surface area contributed by atoms with E-state index in [1.54, 1.807) is 24.3 Å². The molecule has 0 saturated heterocycles. The first-order valence-corrected chi connectivity index (χ1v) is 5.58. The van der Waals surface area contributed by atoms with Gasteiger partial charge in [0.1, 0.15) is 6.04 Å². The van der Waals surface area contributed by atoms with E-state index in [2.05, 4.69) is 5.32 Å². The fourth-order valence-electron chi connectivity index (χ4n) is 1.50. The zero-order valence-corrected chi connectivity index (χ0v) is 9.97. The molecule has 0 aliphatic heterocycles. The molecular weight excluding hydrogens is 216 g/mol. The number of nitriles is 1. The summed E-state index contributed by atoms with van der Waals surface area (Å²) < 4.78 is 0. The van der Waals surface area contributed by atoms with E-state index in [9.17, 15) is 4.79 Å². The van der Waals surface area contributed by atoms with E-state index in [-0.39, 0.29) is 5.92 Å². The second-order valence-electron chi connectivity index (χ2n) is 4.03. The van der Waals surface area contributed by atoms with Crippen molar-refractivity contribution in [3.8, 4) is 6.07 Å². The van der Waals surface area contributed by atoms with E-state index >= 15 is 0 Å². The van der Waals surface area contributed by atoms with Crippen molar-refractivity contribution in [1.29, 1.82) is 5.26 Å². The molecule has 0 saturated carbocycles. The van der Waals surface area contributed by atoms with Gasteiger partial charge in [-0.3, -0.25) is 0 Å². The molecule has 0 fully saturated rings. The molecule has 4 nitrogen and oxygen atoms in total. The average molecular weight is 232 g/mol. The van der Waals surface area contributed by atoms with Crippen LogP contribution in [0.5, 0.6) is 0 Å². The first-order valence-electron chi connectivity index (χ1n) is 5.58. The summed E-state index contributed by atoms with van der Waals surface area (Å²) in [5.41, 5.74) is 1.28. The number of carboxylic acid groups (broad SMARTS) is 1. The van der Waals surface area contributed by atoms with E-state index in [4.69, 9.17) is 10.4 Å². The van der Waals surface area contributed by atoms with Crippen molar-refractivity contribution >= 4 is 11.7 Å². The van der Waals surface area contributed by atoms with E-state index in [0.717, 1.165) is 12.1 Å². The van der Waals surface area contributed by atoms with Crippen molar-refractivity contribution in [2.24, 2.45) is 5.92 Å². The number of aliphatic carboxylic acids is 1. The van der Waals surface area contributed by atoms with Gasteiger partial charge >= 0.3 is 5.97 Å². The molecule has 1 aromatic rings. The first kappa shape index (κ1) is 13.0. The zero-order valence-electron chi connectivity index (χ0n) is 9.97. The molecule has 0 spiro atoms. The largest absolute Gasteiger partial charge is 0.480 e. The highest BCUT2D eigenvalue weighted by atomic mass is 16.4. The average Bonchev–Trinajstić information content (AvgIpc) is 2.35. The van der Waals surface area contributed by atoms with Gasteiger partial charge < -0.3 is 10.4 Å². The number of nitrogens with zero attached hydrogens (tertiary/aromatic N) is 1. The smallest absolute Gasteiger partial charge is 0.326 e. The second kappa shape index (κ2) is 5.90. The molecule has 1 aromatic carbocycles. The predicted octanol–water partition coefficient (Wildman–Crippen LogP) is 2.47. The maximum absolute atomic E-state index is 11.1. The van der Waals surface area contributed by atoms with E-state index in [1.807, 2.05) is 19.9 Å². The van der Waals surface area contributed by atoms with Gasteiger partial charge in [-0.15, -0.1) is 0 Å². The van der Waals surface area contributed by atoms with Gasteiger partial charge in [0, 0.05) is 5.69 Å². The molecule has 90 valence electrons. The van der Waals surface area contributed by atoms with Crippen LogP contribution in [0, 0.1) is 17.2 Å². The van der Waals surface area contributed by atoms with Gasteiger partial charge in [-0.25, -0.2) is 4.79 Å². The highest BCUT2D eigenvalue weighted by Crippen LogP contribution is 2.16. The Kier molecular flexibility index (Phi) is 4.53. The molecule has 2 atom stereocenters. The highest BCUT2D eigenvalue weighted by molar-refractivity contribution is 5.77. The number of hydrogen-bond donors (Lipinski definition) is 2. The maximum atomic E-state index is 11.1. The van der Waals surface area contributed by atoms with Crippen LogP contribution < -0.4 is 5.32 Å². The van der Waals surface area contributed by atoms with E-state index in [0.29, 0.717) is 5.56 Å². The third kappa shape index (κ3) is 3.49. The van der Waals surface area contributed by atoms with Crippen molar-refractivity contribution in [2.45, 2.75) is 26.3 Å². The lowest BCUT2D eigenvalue weighted by atomic mass is 9.99. The number of hydrogen-bond acceptors (Lipinski definition) is 3. The molecule has 17 heavy (non-hydrogen) atoms. The van der Waals surface area contributed by atoms with Crippen molar-refractivity contribution in [3.05, 3.63) is 29.8 Å². The highest BCUT2D eigenvalue weighted by Gasteiger charge is 2.22. The van der Waals surface area contributed by atoms with Crippen LogP contribution in [-0.2, 0) is 4.79 Å². The Balaban J connectivity index is 2.79. The van der Waals surface area contributed by atoms with Crippen LogP contribution in [0.4, 0.5) is 5.69 Å². The number of nitrogens with one attached hydrogen (secondary N) is 1. The van der Waals surface area contributed by atoms with Gasteiger partial charge in [0.2, 0.25) is 0 Å². The summed E-state index contributed by atoms with van der Waals surface area (Å²) in [4.78, 5) is 11.1. The number of carbonyl (C=O) groups is 1. The lowest BCUT2D eigenvalue weighted by molar-refractivity contribution is -0.139. The van der Waals surface area contributed by atoms with E-state index < -0.39 is 12.0 Å². The Morgan fingerprint density at radius 1 is 1.47 bits per heavy atom. The van der Waals surface area contributed by atoms with Crippen LogP contribution in [-0.4, -0.2) is 17.1 Å². The Hall–Kier alpha value is -2.02. The van der Waals surface area contributed by atoms with Crippen LogP contribution in [0.2, 0.25) is 0 Å². The van der Waals surface area contributed by atoms with E-state index in [1.165, 1.54) is 0 Å². The number of carboxylic acids is 1. The molecule has 0 bridgehead atoms. The van der Waals surface area contributed by atoms with Gasteiger partial charge in [-0.2, -0.15) is 5.26 Å². The van der Waals surface area contributed by atoms with Gasteiger partial charge in [-0.05, 0) is 30.2 Å². The lowest BCUT2D eigenvalue weighted by Crippen LogP contribution is -2.35. The zero-order chi connectivity index (χ0) is 12.8. The van der Waals surface area contributed by atoms with Crippen LogP contribution in [0.25, 0.3) is 0 Å². The fourth-order valence-corrected chi connectivity index (χ4v) is 1.50. The van der Waals surface area contributed by atoms with Crippen LogP contribution in [0.1, 0.15) is 25.8 Å². The van der Waals surface area contributed by atoms with Crippen LogP contribution in [0.3, 0.4) is 0 Å². The summed E-state index contributed by atoms with van der Waals surface area (Å²) >= 11 is 0. The van der Waals surface area contributed by atoms with Crippen LogP contribution in [0.15, 0.2) is 24.3 Å². The standard InChI is InChI=1S/C13H16N2O2/c1-3-9(2)12(13(16)17)15-11-6-4-10(8-14)5-7-11/h4-7,9,12,15H,3H2,1-2H3,(H,16,17)/t9-,12-/m0/s1. The third-order valence-electron chi connectivity index (χ3n) is 2.82. The summed E-state index contributed by atoms with van der Waals surface area (Å²) in [6.07, 6.45) is 0.792. The van der Waals surface area contributed by atoms with Crippen molar-refractivity contribution < 1.29 is 9.90 Å². The number of anilines is 1. The molecule has 0 aliphatic rings. The summed E-state index contributed by atoms with van der Waals surface area (Å²) in [6.45, 7) is 3.86. The molecule has 0 aromatic heterocycles. The summed E-state index contributed by atoms with van der Waals surface area (Å²) in [6, 6.07) is 8.18. The minimum atomic E-state index is -0.858. The molecule has 0 unspecified atom stereocenters. The van der Waals surface area contributed by atoms with Gasteiger partial charge in [0.15, 0.2) is 0 Å². The quantitative estimate of drug-likeness (QED) is 0.817. The third-order valence-corrected chi connectivity index (χ3v) is 2.82. The topological polar surface area (TPSA) is 73.1 Å². The van der Waals surface area contributed by atoms with Gasteiger partial charge in [0.05, 0.1) is 11.6 Å². The minimum Gasteiger partial charge on any atom is -0.480 e. The van der Waals surface area contributed by atoms with Crippen molar-refractivity contribution in [1.82, 2.24) is 0 Å². The van der Waals surface area contributed by atoms with Gasteiger partial charge in [0.25, 0.3) is 0 Å². The SMILES string of the molecule is CC[C@H](C)[C@H](Nc1ccc(C#N)cc1)C(=O)O. The van der Waals surface area contributed by atoms with Gasteiger partial charge in [-0.1, -0.05) is 20.3 Å². The lowest BCUT2D eigenvalue weighted by Gasteiger charge is -2.21. The molecule has 0 aliphatic carbocycles. The Morgan fingerprint density at radius 2 is 2.06 bits per heavy atom. The predicted molar refractivity (Wildman–Crippen MR) is 65.7 cm³/mol. The summed E-state index contributed by atoms with van der Waals surface area (Å²) in [7, 11) is 0. The molecule has 0 radical (unpaired) electrons. The first-order chi connectivity index (χ1) is 8.08. The summed E-state index contributed by atoms with van der Waals surface area (Å²) in [5, 5.41) is 20.8. The van der Waals surface area contributed by atoms with Crippen LogP contribution >= 0.6 is 0 Å². The van der Waals surface area contributed by atoms with Crippen molar-refractivity contribution in [2.75, 3.05) is 5.32 Å². The summed E-state index contributed by atoms with van der Waals surface area (Å²) in [5.74, 6) is -0.813. The monoisotopic (exact) mass is 232 g/mol. The normalized spacial score (nSPS) is 13.5. The molecule has 0 amide bonds. The maximum Gasteiger partial charge on any atom is 0.326 e.